The molecule has 2 amide bonds. The molecule has 0 aromatic carbocycles. The number of nitrogens with one attached hydrogen (secondary N) is 2. The van der Waals surface area contributed by atoms with Crippen molar-refractivity contribution >= 4 is 23.6 Å². The first-order valence-corrected chi connectivity index (χ1v) is 10.4. The minimum absolute atomic E-state index is 0.0166. The minimum atomic E-state index is -0.427. The number of nitrogens with zero attached hydrogens (tertiary/aromatic N) is 3. The van der Waals surface area contributed by atoms with Gasteiger partial charge in [-0.05, 0) is 33.1 Å². The number of hydrogen-bond donors (Lipinski definition) is 2. The van der Waals surface area contributed by atoms with Crippen LogP contribution in [0.5, 0.6) is 0 Å². The number of imidazole rings is 1. The van der Waals surface area contributed by atoms with Crippen molar-refractivity contribution in [3.8, 4) is 6.07 Å². The average molecular weight is 390 g/mol. The second-order valence-electron chi connectivity index (χ2n) is 6.34. The molecule has 1 aliphatic heterocycles. The zero-order chi connectivity index (χ0) is 19.8. The number of rotatable bonds is 9. The van der Waals surface area contributed by atoms with Crippen molar-refractivity contribution in [1.82, 2.24) is 20.2 Å². The van der Waals surface area contributed by atoms with Crippen molar-refractivity contribution in [3.05, 3.63) is 28.3 Å². The lowest BCUT2D eigenvalue weighted by atomic mass is 10.2. The summed E-state index contributed by atoms with van der Waals surface area (Å²) in [6.45, 7) is 6.67. The number of nitriles is 1. The van der Waals surface area contributed by atoms with Crippen LogP contribution in [0.15, 0.2) is 16.8 Å². The number of hydrogen-bond acceptors (Lipinski definition) is 5. The van der Waals surface area contributed by atoms with E-state index in [4.69, 9.17) is 0 Å². The van der Waals surface area contributed by atoms with Crippen LogP contribution < -0.4 is 5.32 Å². The summed E-state index contributed by atoms with van der Waals surface area (Å²) in [6, 6.07) is 1.97. The Hall–Kier alpha value is -2.27. The third-order valence-corrected chi connectivity index (χ3v) is 5.74. The van der Waals surface area contributed by atoms with Gasteiger partial charge < -0.3 is 15.2 Å². The van der Waals surface area contributed by atoms with Crippen molar-refractivity contribution in [3.63, 3.8) is 0 Å². The number of likely N-dealkylation sites (N-methyl/N-ethyl adjacent to an activating group) is 1. The number of aryl methyl sites for hydroxylation is 2. The highest BCUT2D eigenvalue weighted by atomic mass is 32.2. The minimum Gasteiger partial charge on any atom is -0.352 e. The largest absolute Gasteiger partial charge is 0.352 e. The van der Waals surface area contributed by atoms with Gasteiger partial charge in [0.05, 0.1) is 5.25 Å². The number of aromatic amines is 1. The van der Waals surface area contributed by atoms with Crippen molar-refractivity contribution < 1.29 is 9.59 Å². The fraction of sp³-hybridized carbons (Fsp3) is 0.579. The van der Waals surface area contributed by atoms with Gasteiger partial charge in [-0.25, -0.2) is 4.98 Å². The van der Waals surface area contributed by atoms with Crippen LogP contribution in [0.4, 0.5) is 0 Å². The van der Waals surface area contributed by atoms with E-state index >= 15 is 0 Å². The summed E-state index contributed by atoms with van der Waals surface area (Å²) in [4.78, 5) is 34.1. The predicted octanol–water partition coefficient (Wildman–Crippen LogP) is 2.52. The molecule has 1 aromatic rings. The SMILES string of the molecule is CCCCc1ncc(CCC2SC(=C(C#N)C(=O)NCC)N(CC)C2=O)[nH]1. The molecule has 2 heterocycles. The molecule has 1 aliphatic rings. The zero-order valence-electron chi connectivity index (χ0n) is 16.2. The van der Waals surface area contributed by atoms with Gasteiger partial charge in [-0.3, -0.25) is 9.59 Å². The molecule has 1 saturated heterocycles. The van der Waals surface area contributed by atoms with E-state index in [0.717, 1.165) is 30.8 Å². The zero-order valence-corrected chi connectivity index (χ0v) is 17.0. The number of carbonyl (C=O) groups excluding carboxylic acids is 2. The topological polar surface area (TPSA) is 102 Å². The summed E-state index contributed by atoms with van der Waals surface area (Å²) in [5, 5.41) is 12.2. The molecule has 0 spiro atoms. The Morgan fingerprint density at radius 3 is 2.81 bits per heavy atom. The van der Waals surface area contributed by atoms with Gasteiger partial charge in [-0.1, -0.05) is 25.1 Å². The molecule has 0 radical (unpaired) electrons. The van der Waals surface area contributed by atoms with E-state index < -0.39 is 5.91 Å². The quantitative estimate of drug-likeness (QED) is 0.499. The normalized spacial score (nSPS) is 18.5. The molecular formula is C19H27N5O2S. The molecule has 1 unspecified atom stereocenters. The van der Waals surface area contributed by atoms with Gasteiger partial charge in [0, 0.05) is 31.4 Å². The number of amides is 2. The molecule has 27 heavy (non-hydrogen) atoms. The Kier molecular flexibility index (Phi) is 7.92. The molecule has 146 valence electrons. The number of carbonyl (C=O) groups is 2. The molecule has 7 nitrogen and oxygen atoms in total. The van der Waals surface area contributed by atoms with Crippen LogP contribution in [0.1, 0.15) is 51.6 Å². The molecule has 2 rings (SSSR count). The lowest BCUT2D eigenvalue weighted by Gasteiger charge is -2.15. The Labute approximate surface area is 164 Å². The maximum atomic E-state index is 12.7. The molecule has 1 fully saturated rings. The second kappa shape index (κ2) is 10.2. The van der Waals surface area contributed by atoms with E-state index in [1.165, 1.54) is 11.8 Å². The number of thioether (sulfide) groups is 1. The van der Waals surface area contributed by atoms with E-state index in [1.54, 1.807) is 11.8 Å². The van der Waals surface area contributed by atoms with Gasteiger partial charge in [0.2, 0.25) is 5.91 Å². The van der Waals surface area contributed by atoms with Crippen LogP contribution in [-0.2, 0) is 22.4 Å². The Bertz CT molecular complexity index is 750. The first-order valence-electron chi connectivity index (χ1n) is 9.48. The Morgan fingerprint density at radius 1 is 1.41 bits per heavy atom. The molecule has 2 N–H and O–H groups in total. The maximum absolute atomic E-state index is 12.7. The fourth-order valence-electron chi connectivity index (χ4n) is 2.93. The Balaban J connectivity index is 2.08. The molecule has 0 aliphatic carbocycles. The van der Waals surface area contributed by atoms with Gasteiger partial charge in [0.1, 0.15) is 22.5 Å². The van der Waals surface area contributed by atoms with Crippen molar-refractivity contribution in [2.45, 2.75) is 58.1 Å². The summed E-state index contributed by atoms with van der Waals surface area (Å²) < 4.78 is 0. The highest BCUT2D eigenvalue weighted by Gasteiger charge is 2.38. The molecular weight excluding hydrogens is 362 g/mol. The fourth-order valence-corrected chi connectivity index (χ4v) is 4.27. The average Bonchev–Trinajstić information content (AvgIpc) is 3.23. The monoisotopic (exact) mass is 389 g/mol. The first-order chi connectivity index (χ1) is 13.0. The van der Waals surface area contributed by atoms with Crippen LogP contribution in [0.3, 0.4) is 0 Å². The van der Waals surface area contributed by atoms with Gasteiger partial charge in [-0.2, -0.15) is 5.26 Å². The lowest BCUT2D eigenvalue weighted by Crippen LogP contribution is -2.31. The number of aromatic nitrogens is 2. The Morgan fingerprint density at radius 2 is 2.19 bits per heavy atom. The van der Waals surface area contributed by atoms with E-state index in [1.807, 2.05) is 19.2 Å². The standard InChI is InChI=1S/C19H27N5O2S/c1-4-7-8-16-22-12-13(23-16)9-10-15-18(26)24(6-3)19(27-15)14(11-20)17(25)21-5-2/h12,15H,4-10H2,1-3H3,(H,21,25)(H,22,23). The van der Waals surface area contributed by atoms with Crippen LogP contribution in [0.2, 0.25) is 0 Å². The van der Waals surface area contributed by atoms with Gasteiger partial charge in [0.25, 0.3) is 5.91 Å². The van der Waals surface area contributed by atoms with E-state index in [-0.39, 0.29) is 16.7 Å². The number of unbranched alkanes of at least 4 members (excludes halogenated alkanes) is 1. The van der Waals surface area contributed by atoms with Gasteiger partial charge in [0.15, 0.2) is 0 Å². The number of H-pyrrole nitrogens is 1. The van der Waals surface area contributed by atoms with Crippen molar-refractivity contribution in [2.24, 2.45) is 0 Å². The maximum Gasteiger partial charge on any atom is 0.264 e. The third kappa shape index (κ3) is 5.13. The molecule has 0 saturated carbocycles. The summed E-state index contributed by atoms with van der Waals surface area (Å²) in [5.74, 6) is 0.514. The predicted molar refractivity (Wildman–Crippen MR) is 106 cm³/mol. The summed E-state index contributed by atoms with van der Waals surface area (Å²) in [5.41, 5.74) is 1.03. The highest BCUT2D eigenvalue weighted by molar-refractivity contribution is 8.04. The van der Waals surface area contributed by atoms with Gasteiger partial charge in [-0.15, -0.1) is 0 Å². The van der Waals surface area contributed by atoms with Crippen LogP contribution in [-0.4, -0.2) is 45.0 Å². The van der Waals surface area contributed by atoms with Crippen LogP contribution >= 0.6 is 11.8 Å². The summed E-state index contributed by atoms with van der Waals surface area (Å²) in [6.07, 6.45) is 6.32. The van der Waals surface area contributed by atoms with E-state index in [2.05, 4.69) is 22.2 Å². The molecule has 0 bridgehead atoms. The van der Waals surface area contributed by atoms with Crippen LogP contribution in [0, 0.1) is 11.3 Å². The van der Waals surface area contributed by atoms with E-state index in [0.29, 0.717) is 31.0 Å². The van der Waals surface area contributed by atoms with Crippen molar-refractivity contribution in [1.29, 1.82) is 5.26 Å². The van der Waals surface area contributed by atoms with Gasteiger partial charge >= 0.3 is 0 Å². The highest BCUT2D eigenvalue weighted by Crippen LogP contribution is 2.39. The summed E-state index contributed by atoms with van der Waals surface area (Å²) in [7, 11) is 0. The third-order valence-electron chi connectivity index (χ3n) is 4.37. The second-order valence-corrected chi connectivity index (χ2v) is 7.53. The molecule has 1 aromatic heterocycles. The van der Waals surface area contributed by atoms with Crippen molar-refractivity contribution in [2.75, 3.05) is 13.1 Å². The lowest BCUT2D eigenvalue weighted by molar-refractivity contribution is -0.127. The van der Waals surface area contributed by atoms with E-state index in [9.17, 15) is 14.9 Å². The molecule has 8 heteroatoms. The first kappa shape index (κ1) is 21.0. The smallest absolute Gasteiger partial charge is 0.264 e. The molecule has 1 atom stereocenters. The van der Waals surface area contributed by atoms with Crippen LogP contribution in [0.25, 0.3) is 0 Å². The summed E-state index contributed by atoms with van der Waals surface area (Å²) >= 11 is 1.32.